The van der Waals surface area contributed by atoms with Crippen molar-refractivity contribution in [3.05, 3.63) is 52.5 Å². The van der Waals surface area contributed by atoms with Crippen molar-refractivity contribution in [3.8, 4) is 11.5 Å². The number of benzene rings is 2. The molecule has 2 unspecified atom stereocenters. The summed E-state index contributed by atoms with van der Waals surface area (Å²) in [5.41, 5.74) is 1.02. The zero-order valence-corrected chi connectivity index (χ0v) is 15.7. The first-order valence-electron chi connectivity index (χ1n) is 8.10. The number of halogens is 2. The van der Waals surface area contributed by atoms with E-state index in [9.17, 15) is 0 Å². The average molecular weight is 368 g/mol. The van der Waals surface area contributed by atoms with Crippen molar-refractivity contribution in [1.29, 1.82) is 0 Å². The Morgan fingerprint density at radius 2 is 1.67 bits per heavy atom. The minimum Gasteiger partial charge on any atom is -0.491 e. The second kappa shape index (κ2) is 9.05. The standard InChI is InChI=1S/C19H23Cl2NO2/c1-4-13(2)23-17-8-6-16(7-9-17)22-12-14(3)24-19-10-5-15(20)11-18(19)21/h5-11,13-14,22H,4,12H2,1-3H3. The minimum absolute atomic E-state index is 0.0419. The Balaban J connectivity index is 1.84. The summed E-state index contributed by atoms with van der Waals surface area (Å²) in [6.07, 6.45) is 1.17. The summed E-state index contributed by atoms with van der Waals surface area (Å²) in [5.74, 6) is 1.51. The van der Waals surface area contributed by atoms with E-state index >= 15 is 0 Å². The van der Waals surface area contributed by atoms with Gasteiger partial charge in [-0.1, -0.05) is 30.1 Å². The van der Waals surface area contributed by atoms with Crippen molar-refractivity contribution in [2.75, 3.05) is 11.9 Å². The van der Waals surface area contributed by atoms with E-state index in [0.717, 1.165) is 17.9 Å². The number of nitrogens with one attached hydrogen (secondary N) is 1. The largest absolute Gasteiger partial charge is 0.491 e. The molecular weight excluding hydrogens is 345 g/mol. The van der Waals surface area contributed by atoms with Gasteiger partial charge in [0.2, 0.25) is 0 Å². The van der Waals surface area contributed by atoms with E-state index in [-0.39, 0.29) is 12.2 Å². The Bertz CT molecular complexity index is 646. The van der Waals surface area contributed by atoms with Crippen molar-refractivity contribution < 1.29 is 9.47 Å². The van der Waals surface area contributed by atoms with Gasteiger partial charge in [0.15, 0.2) is 0 Å². The highest BCUT2D eigenvalue weighted by Gasteiger charge is 2.08. The van der Waals surface area contributed by atoms with Crippen LogP contribution >= 0.6 is 23.2 Å². The zero-order valence-electron chi connectivity index (χ0n) is 14.2. The monoisotopic (exact) mass is 367 g/mol. The van der Waals surface area contributed by atoms with Crippen LogP contribution in [0.15, 0.2) is 42.5 Å². The molecule has 2 aromatic carbocycles. The van der Waals surface area contributed by atoms with Crippen LogP contribution in [0.4, 0.5) is 5.69 Å². The van der Waals surface area contributed by atoms with E-state index < -0.39 is 0 Å². The van der Waals surface area contributed by atoms with Gasteiger partial charge in [-0.15, -0.1) is 0 Å². The highest BCUT2D eigenvalue weighted by Crippen LogP contribution is 2.28. The van der Waals surface area contributed by atoms with Gasteiger partial charge in [0.1, 0.15) is 17.6 Å². The van der Waals surface area contributed by atoms with Gasteiger partial charge in [0, 0.05) is 10.7 Å². The smallest absolute Gasteiger partial charge is 0.138 e. The quantitative estimate of drug-likeness (QED) is 0.615. The van der Waals surface area contributed by atoms with Gasteiger partial charge >= 0.3 is 0 Å². The molecule has 0 fully saturated rings. The molecule has 0 spiro atoms. The Labute approximate surface area is 153 Å². The van der Waals surface area contributed by atoms with Crippen LogP contribution in [0.3, 0.4) is 0 Å². The molecule has 0 saturated carbocycles. The molecule has 2 aromatic rings. The summed E-state index contributed by atoms with van der Waals surface area (Å²) in [6, 6.07) is 13.2. The predicted octanol–water partition coefficient (Wildman–Crippen LogP) is 6.05. The third-order valence-corrected chi connectivity index (χ3v) is 4.11. The normalized spacial score (nSPS) is 13.2. The SMILES string of the molecule is CCC(C)Oc1ccc(NCC(C)Oc2ccc(Cl)cc2Cl)cc1. The molecule has 0 aliphatic heterocycles. The van der Waals surface area contributed by atoms with Crippen LogP contribution in [0.25, 0.3) is 0 Å². The summed E-state index contributed by atoms with van der Waals surface area (Å²) >= 11 is 12.0. The predicted molar refractivity (Wildman–Crippen MR) is 102 cm³/mol. The lowest BCUT2D eigenvalue weighted by molar-refractivity contribution is 0.217. The number of hydrogen-bond donors (Lipinski definition) is 1. The summed E-state index contributed by atoms with van der Waals surface area (Å²) in [5, 5.41) is 4.45. The maximum atomic E-state index is 6.12. The highest BCUT2D eigenvalue weighted by atomic mass is 35.5. The summed E-state index contributed by atoms with van der Waals surface area (Å²) in [4.78, 5) is 0. The molecule has 0 aliphatic carbocycles. The van der Waals surface area contributed by atoms with Crippen LogP contribution < -0.4 is 14.8 Å². The first kappa shape index (κ1) is 18.8. The Kier molecular flexibility index (Phi) is 7.07. The topological polar surface area (TPSA) is 30.5 Å². The number of ether oxygens (including phenoxy) is 2. The molecule has 0 saturated heterocycles. The van der Waals surface area contributed by atoms with Gasteiger partial charge in [-0.05, 0) is 62.7 Å². The lowest BCUT2D eigenvalue weighted by atomic mass is 10.2. The summed E-state index contributed by atoms with van der Waals surface area (Å²) in [6.45, 7) is 6.81. The molecule has 0 aliphatic rings. The molecular formula is C19H23Cl2NO2. The average Bonchev–Trinajstić information content (AvgIpc) is 2.56. The number of anilines is 1. The van der Waals surface area contributed by atoms with Crippen LogP contribution in [-0.2, 0) is 0 Å². The molecule has 24 heavy (non-hydrogen) atoms. The molecule has 0 heterocycles. The zero-order chi connectivity index (χ0) is 17.5. The van der Waals surface area contributed by atoms with E-state index in [1.807, 2.05) is 31.2 Å². The van der Waals surface area contributed by atoms with E-state index in [0.29, 0.717) is 22.3 Å². The van der Waals surface area contributed by atoms with Gasteiger partial charge in [0.05, 0.1) is 17.7 Å². The van der Waals surface area contributed by atoms with E-state index in [2.05, 4.69) is 19.2 Å². The van der Waals surface area contributed by atoms with E-state index in [4.69, 9.17) is 32.7 Å². The van der Waals surface area contributed by atoms with Crippen LogP contribution in [0.1, 0.15) is 27.2 Å². The fourth-order valence-electron chi connectivity index (χ4n) is 2.06. The number of hydrogen-bond acceptors (Lipinski definition) is 3. The van der Waals surface area contributed by atoms with E-state index in [1.54, 1.807) is 18.2 Å². The first-order chi connectivity index (χ1) is 11.5. The second-order valence-electron chi connectivity index (χ2n) is 5.75. The molecule has 5 heteroatoms. The van der Waals surface area contributed by atoms with Crippen molar-refractivity contribution in [3.63, 3.8) is 0 Å². The summed E-state index contributed by atoms with van der Waals surface area (Å²) < 4.78 is 11.6. The molecule has 0 radical (unpaired) electrons. The van der Waals surface area contributed by atoms with Crippen molar-refractivity contribution in [2.24, 2.45) is 0 Å². The second-order valence-corrected chi connectivity index (χ2v) is 6.59. The van der Waals surface area contributed by atoms with Crippen LogP contribution in [0, 0.1) is 0 Å². The fourth-order valence-corrected chi connectivity index (χ4v) is 2.51. The molecule has 130 valence electrons. The first-order valence-corrected chi connectivity index (χ1v) is 8.85. The van der Waals surface area contributed by atoms with Gasteiger partial charge in [0.25, 0.3) is 0 Å². The van der Waals surface area contributed by atoms with Gasteiger partial charge < -0.3 is 14.8 Å². The van der Waals surface area contributed by atoms with Crippen LogP contribution in [-0.4, -0.2) is 18.8 Å². The highest BCUT2D eigenvalue weighted by molar-refractivity contribution is 6.35. The molecule has 0 amide bonds. The van der Waals surface area contributed by atoms with Crippen molar-refractivity contribution >= 4 is 28.9 Å². The molecule has 0 aromatic heterocycles. The third kappa shape index (κ3) is 5.81. The summed E-state index contributed by atoms with van der Waals surface area (Å²) in [7, 11) is 0. The van der Waals surface area contributed by atoms with Gasteiger partial charge in [-0.3, -0.25) is 0 Å². The molecule has 0 bridgehead atoms. The van der Waals surface area contributed by atoms with Crippen molar-refractivity contribution in [1.82, 2.24) is 0 Å². The molecule has 1 N–H and O–H groups in total. The fraction of sp³-hybridized carbons (Fsp3) is 0.368. The molecule has 3 nitrogen and oxygen atoms in total. The Morgan fingerprint density at radius 1 is 0.958 bits per heavy atom. The maximum absolute atomic E-state index is 6.12. The van der Waals surface area contributed by atoms with Gasteiger partial charge in [-0.25, -0.2) is 0 Å². The van der Waals surface area contributed by atoms with Crippen LogP contribution in [0.5, 0.6) is 11.5 Å². The molecule has 2 atom stereocenters. The van der Waals surface area contributed by atoms with Crippen molar-refractivity contribution in [2.45, 2.75) is 39.4 Å². The third-order valence-electron chi connectivity index (χ3n) is 3.58. The maximum Gasteiger partial charge on any atom is 0.138 e. The lowest BCUT2D eigenvalue weighted by Gasteiger charge is -2.17. The minimum atomic E-state index is -0.0419. The number of rotatable bonds is 8. The van der Waals surface area contributed by atoms with Crippen LogP contribution in [0.2, 0.25) is 10.0 Å². The lowest BCUT2D eigenvalue weighted by Crippen LogP contribution is -2.22. The Hall–Kier alpha value is -1.58. The Morgan fingerprint density at radius 3 is 2.29 bits per heavy atom. The van der Waals surface area contributed by atoms with E-state index in [1.165, 1.54) is 0 Å². The molecule has 2 rings (SSSR count). The van der Waals surface area contributed by atoms with Gasteiger partial charge in [-0.2, -0.15) is 0 Å².